The van der Waals surface area contributed by atoms with Crippen molar-refractivity contribution in [1.29, 1.82) is 0 Å². The summed E-state index contributed by atoms with van der Waals surface area (Å²) in [7, 11) is 1.53. The van der Waals surface area contributed by atoms with Gasteiger partial charge in [0.1, 0.15) is 5.75 Å². The number of hydrogen-bond acceptors (Lipinski definition) is 5. The highest BCUT2D eigenvalue weighted by molar-refractivity contribution is 7.12. The summed E-state index contributed by atoms with van der Waals surface area (Å²) in [6, 6.07) is 13.2. The quantitative estimate of drug-likeness (QED) is 0.625. The predicted octanol–water partition coefficient (Wildman–Crippen LogP) is 4.58. The average Bonchev–Trinajstić information content (AvgIpc) is 3.02. The maximum Gasteiger partial charge on any atom is 0.229 e. The molecule has 2 amide bonds. The Bertz CT molecular complexity index is 1040. The third-order valence-corrected chi connectivity index (χ3v) is 5.22. The lowest BCUT2D eigenvalue weighted by molar-refractivity contribution is -0.115. The fraction of sp³-hybridized carbons (Fsp3) is 0.227. The number of benzene rings is 2. The molecule has 0 aliphatic carbocycles. The fourth-order valence-electron chi connectivity index (χ4n) is 2.95. The summed E-state index contributed by atoms with van der Waals surface area (Å²) in [5.74, 6) is 0.155. The molecule has 0 atom stereocenters. The minimum absolute atomic E-state index is 0.180. The molecule has 2 aromatic carbocycles. The van der Waals surface area contributed by atoms with Crippen molar-refractivity contribution in [3.8, 4) is 17.0 Å². The van der Waals surface area contributed by atoms with Gasteiger partial charge in [-0.25, -0.2) is 4.98 Å². The van der Waals surface area contributed by atoms with E-state index in [4.69, 9.17) is 4.74 Å². The Balaban J connectivity index is 1.81. The van der Waals surface area contributed by atoms with Gasteiger partial charge in [-0.15, -0.1) is 11.3 Å². The summed E-state index contributed by atoms with van der Waals surface area (Å²) in [6.45, 7) is 5.40. The van der Waals surface area contributed by atoms with Crippen LogP contribution < -0.4 is 15.4 Å². The lowest BCUT2D eigenvalue weighted by Gasteiger charge is -2.12. The van der Waals surface area contributed by atoms with E-state index in [-0.39, 0.29) is 18.2 Å². The molecule has 0 fully saturated rings. The van der Waals surface area contributed by atoms with Gasteiger partial charge in [0.25, 0.3) is 0 Å². The summed E-state index contributed by atoms with van der Waals surface area (Å²) in [5.41, 5.74) is 4.09. The van der Waals surface area contributed by atoms with E-state index >= 15 is 0 Å². The van der Waals surface area contributed by atoms with E-state index in [1.165, 1.54) is 30.9 Å². The second-order valence-electron chi connectivity index (χ2n) is 6.69. The van der Waals surface area contributed by atoms with Gasteiger partial charge in [-0.05, 0) is 32.0 Å². The maximum atomic E-state index is 12.8. The Hall–Kier alpha value is -3.19. The number of rotatable bonds is 6. The van der Waals surface area contributed by atoms with Crippen LogP contribution in [0.1, 0.15) is 22.4 Å². The standard InChI is InChI=1S/C22H23N3O3S/c1-13-5-7-16(8-6-13)22-20(29-15(3)24-22)12-21(27)25-18-11-17(23-14(2)26)9-10-19(18)28-4/h5-11H,12H2,1-4H3,(H,23,26)(H,25,27). The third-order valence-electron chi connectivity index (χ3n) is 4.24. The van der Waals surface area contributed by atoms with Crippen molar-refractivity contribution >= 4 is 34.5 Å². The number of methoxy groups -OCH3 is 1. The van der Waals surface area contributed by atoms with E-state index in [9.17, 15) is 9.59 Å². The molecule has 2 N–H and O–H groups in total. The second-order valence-corrected chi connectivity index (χ2v) is 7.98. The van der Waals surface area contributed by atoms with Crippen LogP contribution in [0.2, 0.25) is 0 Å². The van der Waals surface area contributed by atoms with Crippen molar-refractivity contribution in [2.45, 2.75) is 27.2 Å². The van der Waals surface area contributed by atoms with Gasteiger partial charge in [0.05, 0.1) is 29.9 Å². The number of carbonyl (C=O) groups is 2. The van der Waals surface area contributed by atoms with Gasteiger partial charge >= 0.3 is 0 Å². The van der Waals surface area contributed by atoms with Crippen molar-refractivity contribution in [2.24, 2.45) is 0 Å². The molecular weight excluding hydrogens is 386 g/mol. The number of carbonyl (C=O) groups excluding carboxylic acids is 2. The fourth-order valence-corrected chi connectivity index (χ4v) is 3.91. The van der Waals surface area contributed by atoms with Crippen LogP contribution in [-0.2, 0) is 16.0 Å². The molecule has 7 heteroatoms. The molecule has 150 valence electrons. The lowest BCUT2D eigenvalue weighted by Crippen LogP contribution is -2.15. The predicted molar refractivity (Wildman–Crippen MR) is 117 cm³/mol. The first-order valence-corrected chi connectivity index (χ1v) is 9.96. The molecule has 0 saturated carbocycles. The van der Waals surface area contributed by atoms with Gasteiger partial charge in [0.15, 0.2) is 0 Å². The van der Waals surface area contributed by atoms with Crippen LogP contribution in [-0.4, -0.2) is 23.9 Å². The highest BCUT2D eigenvalue weighted by Gasteiger charge is 2.16. The molecule has 0 saturated heterocycles. The first-order valence-electron chi connectivity index (χ1n) is 9.14. The van der Waals surface area contributed by atoms with Crippen LogP contribution in [0.3, 0.4) is 0 Å². The maximum absolute atomic E-state index is 12.8. The van der Waals surface area contributed by atoms with E-state index in [2.05, 4.69) is 15.6 Å². The monoisotopic (exact) mass is 409 g/mol. The van der Waals surface area contributed by atoms with E-state index < -0.39 is 0 Å². The third kappa shape index (κ3) is 5.20. The molecule has 1 heterocycles. The molecule has 3 rings (SSSR count). The average molecular weight is 410 g/mol. The highest BCUT2D eigenvalue weighted by atomic mass is 32.1. The zero-order valence-corrected chi connectivity index (χ0v) is 17.6. The number of hydrogen-bond donors (Lipinski definition) is 2. The molecule has 0 bridgehead atoms. The zero-order chi connectivity index (χ0) is 21.0. The number of aromatic nitrogens is 1. The summed E-state index contributed by atoms with van der Waals surface area (Å²) in [4.78, 5) is 29.6. The van der Waals surface area contributed by atoms with Gasteiger partial charge in [-0.1, -0.05) is 29.8 Å². The molecule has 0 aliphatic rings. The molecule has 0 unspecified atom stereocenters. The Labute approximate surface area is 173 Å². The topological polar surface area (TPSA) is 80.3 Å². The van der Waals surface area contributed by atoms with Crippen molar-refractivity contribution in [1.82, 2.24) is 4.98 Å². The summed E-state index contributed by atoms with van der Waals surface area (Å²) in [5, 5.41) is 6.50. The number of nitrogens with zero attached hydrogens (tertiary/aromatic N) is 1. The van der Waals surface area contributed by atoms with E-state index in [0.717, 1.165) is 21.1 Å². The number of thiazole rings is 1. The van der Waals surface area contributed by atoms with Gasteiger partial charge in [-0.2, -0.15) is 0 Å². The Morgan fingerprint density at radius 1 is 1.07 bits per heavy atom. The van der Waals surface area contributed by atoms with Crippen molar-refractivity contribution < 1.29 is 14.3 Å². The van der Waals surface area contributed by atoms with Gasteiger partial charge in [0.2, 0.25) is 11.8 Å². The van der Waals surface area contributed by atoms with Gasteiger partial charge in [-0.3, -0.25) is 9.59 Å². The second kappa shape index (κ2) is 8.87. The minimum Gasteiger partial charge on any atom is -0.495 e. The SMILES string of the molecule is COc1ccc(NC(C)=O)cc1NC(=O)Cc1sc(C)nc1-c1ccc(C)cc1. The molecule has 29 heavy (non-hydrogen) atoms. The van der Waals surface area contributed by atoms with E-state index in [1.54, 1.807) is 18.2 Å². The lowest BCUT2D eigenvalue weighted by atomic mass is 10.1. The van der Waals surface area contributed by atoms with Gasteiger partial charge in [0, 0.05) is 23.1 Å². The summed E-state index contributed by atoms with van der Waals surface area (Å²) < 4.78 is 5.33. The Morgan fingerprint density at radius 2 is 1.79 bits per heavy atom. The van der Waals surface area contributed by atoms with Crippen molar-refractivity contribution in [3.63, 3.8) is 0 Å². The largest absolute Gasteiger partial charge is 0.495 e. The number of nitrogens with one attached hydrogen (secondary N) is 2. The first-order chi connectivity index (χ1) is 13.9. The van der Waals surface area contributed by atoms with Crippen LogP contribution >= 0.6 is 11.3 Å². The van der Waals surface area contributed by atoms with E-state index in [1.807, 2.05) is 38.1 Å². The molecule has 6 nitrogen and oxygen atoms in total. The number of aryl methyl sites for hydroxylation is 2. The number of anilines is 2. The van der Waals surface area contributed by atoms with E-state index in [0.29, 0.717) is 17.1 Å². The van der Waals surface area contributed by atoms with Crippen molar-refractivity contribution in [2.75, 3.05) is 17.7 Å². The summed E-state index contributed by atoms with van der Waals surface area (Å²) in [6.07, 6.45) is 0.197. The zero-order valence-electron chi connectivity index (χ0n) is 16.8. The molecule has 0 spiro atoms. The molecule has 3 aromatic rings. The molecular formula is C22H23N3O3S. The van der Waals surface area contributed by atoms with Crippen LogP contribution in [0.4, 0.5) is 11.4 Å². The number of amides is 2. The minimum atomic E-state index is -0.185. The molecule has 0 aliphatic heterocycles. The van der Waals surface area contributed by atoms with Crippen LogP contribution in [0.5, 0.6) is 5.75 Å². The smallest absolute Gasteiger partial charge is 0.229 e. The normalized spacial score (nSPS) is 10.5. The molecule has 1 aromatic heterocycles. The van der Waals surface area contributed by atoms with Crippen LogP contribution in [0.15, 0.2) is 42.5 Å². The Kier molecular flexibility index (Phi) is 6.29. The highest BCUT2D eigenvalue weighted by Crippen LogP contribution is 2.31. The first kappa shape index (κ1) is 20.5. The summed E-state index contributed by atoms with van der Waals surface area (Å²) >= 11 is 1.51. The van der Waals surface area contributed by atoms with Crippen LogP contribution in [0, 0.1) is 13.8 Å². The number of ether oxygens (including phenoxy) is 1. The van der Waals surface area contributed by atoms with Gasteiger partial charge < -0.3 is 15.4 Å². The Morgan fingerprint density at radius 3 is 2.45 bits per heavy atom. The molecule has 0 radical (unpaired) electrons. The van der Waals surface area contributed by atoms with Crippen molar-refractivity contribution in [3.05, 3.63) is 57.9 Å². The van der Waals surface area contributed by atoms with Crippen LogP contribution in [0.25, 0.3) is 11.3 Å².